The quantitative estimate of drug-likeness (QED) is 0.196. The molecule has 5 aromatic rings. The highest BCUT2D eigenvalue weighted by atomic mass is 32.2. The molecule has 11 heteroatoms. The smallest absolute Gasteiger partial charge is 0.264 e. The third-order valence-corrected chi connectivity index (χ3v) is 9.36. The van der Waals surface area contributed by atoms with Gasteiger partial charge in [-0.3, -0.25) is 9.12 Å². The fourth-order valence-corrected chi connectivity index (χ4v) is 6.95. The second kappa shape index (κ2) is 11.1. The van der Waals surface area contributed by atoms with Crippen LogP contribution in [0.15, 0.2) is 71.8 Å². The number of nitrogens with two attached hydrogens (primary N) is 1. The van der Waals surface area contributed by atoms with E-state index in [4.69, 9.17) is 10.7 Å². The monoisotopic (exact) mass is 602 g/mol. The number of anilines is 2. The first-order valence-electron chi connectivity index (χ1n) is 14.1. The van der Waals surface area contributed by atoms with Gasteiger partial charge in [0.05, 0.1) is 17.6 Å². The van der Waals surface area contributed by atoms with Crippen LogP contribution in [-0.4, -0.2) is 35.9 Å². The van der Waals surface area contributed by atoms with Gasteiger partial charge in [-0.15, -0.1) is 0 Å². The van der Waals surface area contributed by atoms with E-state index < -0.39 is 26.6 Å². The van der Waals surface area contributed by atoms with Crippen LogP contribution in [0.5, 0.6) is 0 Å². The predicted octanol–water partition coefficient (Wildman–Crippen LogP) is 6.49. The van der Waals surface area contributed by atoms with E-state index in [-0.39, 0.29) is 11.6 Å². The van der Waals surface area contributed by atoms with Gasteiger partial charge in [-0.2, -0.15) is 0 Å². The molecular formula is C32H32F2N6O2S. The lowest BCUT2D eigenvalue weighted by Gasteiger charge is -2.22. The molecule has 0 saturated carbocycles. The van der Waals surface area contributed by atoms with Crippen molar-refractivity contribution in [3.8, 4) is 11.3 Å². The summed E-state index contributed by atoms with van der Waals surface area (Å²) < 4.78 is 59.0. The van der Waals surface area contributed by atoms with Gasteiger partial charge in [0.2, 0.25) is 0 Å². The molecule has 0 bridgehead atoms. The number of aromatic nitrogens is 3. The predicted molar refractivity (Wildman–Crippen MR) is 166 cm³/mol. The molecule has 0 aliphatic heterocycles. The number of nitrogens with one attached hydrogen (secondary N) is 2. The van der Waals surface area contributed by atoms with E-state index in [1.54, 1.807) is 24.3 Å². The van der Waals surface area contributed by atoms with Crippen LogP contribution < -0.4 is 15.8 Å². The van der Waals surface area contributed by atoms with Gasteiger partial charge < -0.3 is 11.1 Å². The maximum absolute atomic E-state index is 14.4. The second-order valence-electron chi connectivity index (χ2n) is 11.1. The zero-order chi connectivity index (χ0) is 30.5. The van der Waals surface area contributed by atoms with Crippen LogP contribution in [0.25, 0.3) is 33.1 Å². The first-order valence-corrected chi connectivity index (χ1v) is 15.6. The number of rotatable bonds is 7. The Morgan fingerprint density at radius 2 is 1.84 bits per heavy atom. The normalized spacial score (nSPS) is 15.8. The number of hydrogen-bond donors (Lipinski definition) is 3. The Morgan fingerprint density at radius 1 is 1.07 bits per heavy atom. The number of hydrogen-bond acceptors (Lipinski definition) is 6. The summed E-state index contributed by atoms with van der Waals surface area (Å²) in [5, 5.41) is 4.61. The topological polar surface area (TPSA) is 114 Å². The van der Waals surface area contributed by atoms with Gasteiger partial charge in [-0.1, -0.05) is 44.2 Å². The lowest BCUT2D eigenvalue weighted by molar-refractivity contribution is 0.522. The van der Waals surface area contributed by atoms with Crippen LogP contribution in [0.2, 0.25) is 0 Å². The van der Waals surface area contributed by atoms with E-state index in [0.717, 1.165) is 48.5 Å². The van der Waals surface area contributed by atoms with Crippen molar-refractivity contribution in [2.75, 3.05) is 17.5 Å². The molecule has 6 rings (SSSR count). The summed E-state index contributed by atoms with van der Waals surface area (Å²) >= 11 is 0. The Morgan fingerprint density at radius 3 is 2.53 bits per heavy atom. The first kappa shape index (κ1) is 28.8. The Balaban J connectivity index is 1.53. The Hall–Kier alpha value is -4.35. The van der Waals surface area contributed by atoms with Crippen molar-refractivity contribution >= 4 is 43.4 Å². The number of benzene rings is 3. The van der Waals surface area contributed by atoms with Crippen molar-refractivity contribution in [1.82, 2.24) is 19.7 Å². The molecule has 0 spiro atoms. The van der Waals surface area contributed by atoms with Crippen molar-refractivity contribution < 1.29 is 17.2 Å². The molecule has 2 heterocycles. The van der Waals surface area contributed by atoms with Gasteiger partial charge in [-0.25, -0.2) is 27.2 Å². The summed E-state index contributed by atoms with van der Waals surface area (Å²) in [5.41, 5.74) is 10.9. The van der Waals surface area contributed by atoms with E-state index in [9.17, 15) is 17.2 Å². The van der Waals surface area contributed by atoms with Crippen LogP contribution >= 0.6 is 0 Å². The fourth-order valence-electron chi connectivity index (χ4n) is 5.78. The standard InChI is InChI=1S/C32H32F2N6O2S/c1-18(2)32-38-29(30-31(35)37-17-27(40(30)32)19-8-11-21(36-3)12-9-19)24-13-15-26(23-7-5-4-6-22(23)24)39-43(41,42)28-16-20(33)10-14-25(28)34/h4-8,10,13-18,21,36,39H,9,11-12H2,1-3H3,(H2,35,37). The highest BCUT2D eigenvalue weighted by Crippen LogP contribution is 2.40. The average molecular weight is 603 g/mol. The van der Waals surface area contributed by atoms with Gasteiger partial charge in [-0.05, 0) is 67.6 Å². The number of sulfonamides is 1. The largest absolute Gasteiger partial charge is 0.382 e. The lowest BCUT2D eigenvalue weighted by atomic mass is 9.93. The fraction of sp³-hybridized carbons (Fsp3) is 0.250. The van der Waals surface area contributed by atoms with E-state index in [2.05, 4.69) is 39.3 Å². The summed E-state index contributed by atoms with van der Waals surface area (Å²) in [6.45, 7) is 4.15. The third kappa shape index (κ3) is 5.12. The molecule has 43 heavy (non-hydrogen) atoms. The summed E-state index contributed by atoms with van der Waals surface area (Å²) in [4.78, 5) is 8.91. The molecule has 1 atom stereocenters. The van der Waals surface area contributed by atoms with Crippen molar-refractivity contribution in [3.63, 3.8) is 0 Å². The van der Waals surface area contributed by atoms with Gasteiger partial charge in [0.1, 0.15) is 39.4 Å². The van der Waals surface area contributed by atoms with Crippen molar-refractivity contribution in [3.05, 3.63) is 90.0 Å². The molecular weight excluding hydrogens is 570 g/mol. The summed E-state index contributed by atoms with van der Waals surface area (Å²) in [5.74, 6) is -0.672. The SMILES string of the molecule is CNC1CC=C(c2cnc(N)c3c(-c4ccc(NS(=O)(=O)c5cc(F)ccc5F)c5ccccc45)nc(C(C)C)n23)CC1. The molecule has 1 aliphatic carbocycles. The Kier molecular flexibility index (Phi) is 7.39. The van der Waals surface area contributed by atoms with Gasteiger partial charge in [0, 0.05) is 22.9 Å². The highest BCUT2D eigenvalue weighted by molar-refractivity contribution is 7.92. The Bertz CT molecular complexity index is 2020. The number of allylic oxidation sites excluding steroid dienone is 1. The number of fused-ring (bicyclic) bond motifs is 2. The van der Waals surface area contributed by atoms with E-state index in [1.807, 2.05) is 25.4 Å². The first-order chi connectivity index (χ1) is 20.6. The van der Waals surface area contributed by atoms with Crippen LogP contribution in [0.4, 0.5) is 20.3 Å². The molecule has 222 valence electrons. The number of imidazole rings is 1. The van der Waals surface area contributed by atoms with Crippen molar-refractivity contribution in [1.29, 1.82) is 0 Å². The number of nitrogen functional groups attached to an aromatic ring is 1. The molecule has 0 amide bonds. The molecule has 4 N–H and O–H groups in total. The minimum Gasteiger partial charge on any atom is -0.382 e. The second-order valence-corrected chi connectivity index (χ2v) is 12.7. The highest BCUT2D eigenvalue weighted by Gasteiger charge is 2.26. The van der Waals surface area contributed by atoms with Gasteiger partial charge in [0.25, 0.3) is 10.0 Å². The summed E-state index contributed by atoms with van der Waals surface area (Å²) in [6.07, 6.45) is 6.87. The molecule has 0 saturated heterocycles. The minimum absolute atomic E-state index is 0.0644. The van der Waals surface area contributed by atoms with Crippen LogP contribution in [0.1, 0.15) is 50.5 Å². The summed E-state index contributed by atoms with van der Waals surface area (Å²) in [7, 11) is -2.46. The zero-order valence-electron chi connectivity index (χ0n) is 24.0. The molecule has 1 unspecified atom stereocenters. The van der Waals surface area contributed by atoms with Crippen LogP contribution in [0.3, 0.4) is 0 Å². The van der Waals surface area contributed by atoms with E-state index in [0.29, 0.717) is 39.9 Å². The van der Waals surface area contributed by atoms with E-state index >= 15 is 0 Å². The molecule has 1 aliphatic rings. The minimum atomic E-state index is -4.43. The summed E-state index contributed by atoms with van der Waals surface area (Å²) in [6, 6.07) is 13.4. The van der Waals surface area contributed by atoms with Crippen molar-refractivity contribution in [2.45, 2.75) is 50.0 Å². The number of nitrogens with zero attached hydrogens (tertiary/aromatic N) is 3. The molecule has 0 radical (unpaired) electrons. The molecule has 0 fully saturated rings. The Labute approximate surface area is 248 Å². The van der Waals surface area contributed by atoms with Crippen LogP contribution in [-0.2, 0) is 10.0 Å². The number of halogens is 2. The van der Waals surface area contributed by atoms with Crippen LogP contribution in [0, 0.1) is 11.6 Å². The average Bonchev–Trinajstić information content (AvgIpc) is 3.40. The molecule has 2 aromatic heterocycles. The zero-order valence-corrected chi connectivity index (χ0v) is 24.8. The van der Waals surface area contributed by atoms with Gasteiger partial charge >= 0.3 is 0 Å². The maximum Gasteiger partial charge on any atom is 0.264 e. The van der Waals surface area contributed by atoms with Crippen molar-refractivity contribution in [2.24, 2.45) is 0 Å². The molecule has 8 nitrogen and oxygen atoms in total. The maximum atomic E-state index is 14.4. The third-order valence-electron chi connectivity index (χ3n) is 7.98. The lowest BCUT2D eigenvalue weighted by Crippen LogP contribution is -2.26. The van der Waals surface area contributed by atoms with Gasteiger partial charge in [0.15, 0.2) is 0 Å². The molecule has 3 aromatic carbocycles. The van der Waals surface area contributed by atoms with E-state index in [1.165, 1.54) is 5.57 Å².